The summed E-state index contributed by atoms with van der Waals surface area (Å²) in [6.07, 6.45) is 5.72. The summed E-state index contributed by atoms with van der Waals surface area (Å²) in [6, 6.07) is 5.75. The van der Waals surface area contributed by atoms with Crippen molar-refractivity contribution in [3.05, 3.63) is 35.9 Å². The van der Waals surface area contributed by atoms with Crippen molar-refractivity contribution in [2.75, 3.05) is 27.8 Å². The van der Waals surface area contributed by atoms with Crippen molar-refractivity contribution < 1.29 is 19.0 Å². The SMILES string of the molecule is COc1ccc([C@@]23C=C[C@@H](OC(=O)C(C)N)C[C@@H]2N(C)CC3)cc1OC. The van der Waals surface area contributed by atoms with Gasteiger partial charge in [-0.25, -0.2) is 0 Å². The molecule has 1 unspecified atom stereocenters. The lowest BCUT2D eigenvalue weighted by Crippen LogP contribution is -2.46. The summed E-state index contributed by atoms with van der Waals surface area (Å²) in [5.41, 5.74) is 6.70. The Hall–Kier alpha value is -2.05. The average Bonchev–Trinajstić information content (AvgIpc) is 2.98. The molecular formula is C20H28N2O4. The van der Waals surface area contributed by atoms with Crippen LogP contribution in [-0.2, 0) is 14.9 Å². The first-order valence-corrected chi connectivity index (χ1v) is 8.99. The summed E-state index contributed by atoms with van der Waals surface area (Å²) in [7, 11) is 5.41. The van der Waals surface area contributed by atoms with E-state index in [4.69, 9.17) is 19.9 Å². The van der Waals surface area contributed by atoms with Gasteiger partial charge in [0.2, 0.25) is 0 Å². The van der Waals surface area contributed by atoms with Gasteiger partial charge < -0.3 is 24.8 Å². The zero-order valence-corrected chi connectivity index (χ0v) is 15.9. The molecule has 0 aromatic heterocycles. The van der Waals surface area contributed by atoms with Crippen molar-refractivity contribution in [2.45, 2.75) is 43.4 Å². The number of rotatable bonds is 5. The zero-order valence-electron chi connectivity index (χ0n) is 15.9. The average molecular weight is 360 g/mol. The zero-order chi connectivity index (χ0) is 18.9. The molecule has 1 aromatic rings. The molecule has 2 aliphatic rings. The van der Waals surface area contributed by atoms with Crippen LogP contribution in [0.25, 0.3) is 0 Å². The molecule has 6 nitrogen and oxygen atoms in total. The summed E-state index contributed by atoms with van der Waals surface area (Å²) in [5.74, 6) is 1.09. The fraction of sp³-hybridized carbons (Fsp3) is 0.550. The van der Waals surface area contributed by atoms with Crippen LogP contribution in [0.5, 0.6) is 11.5 Å². The molecular weight excluding hydrogens is 332 g/mol. The second-order valence-electron chi connectivity index (χ2n) is 7.22. The molecule has 4 atom stereocenters. The number of fused-ring (bicyclic) bond motifs is 1. The molecule has 0 amide bonds. The standard InChI is InChI=1S/C20H28N2O4/c1-13(21)19(23)26-15-7-8-20(9-10-22(2)18(20)12-15)14-5-6-16(24-3)17(11-14)25-4/h5-8,11,13,15,18H,9-10,12,21H2,1-4H3/t13?,15-,18+,20+/m1/s1. The van der Waals surface area contributed by atoms with Crippen LogP contribution in [0.15, 0.2) is 30.4 Å². The fourth-order valence-electron chi connectivity index (χ4n) is 4.14. The molecule has 142 valence electrons. The number of likely N-dealkylation sites (N-methyl/N-ethyl adjacent to an activating group) is 1. The van der Waals surface area contributed by atoms with E-state index in [-0.39, 0.29) is 23.5 Å². The summed E-state index contributed by atoms with van der Waals surface area (Å²) in [5, 5.41) is 0. The normalized spacial score (nSPS) is 29.1. The van der Waals surface area contributed by atoms with E-state index in [9.17, 15) is 4.79 Å². The lowest BCUT2D eigenvalue weighted by atomic mass is 9.69. The number of hydrogen-bond donors (Lipinski definition) is 1. The number of likely N-dealkylation sites (tertiary alicyclic amines) is 1. The number of carbonyl (C=O) groups excluding carboxylic acids is 1. The van der Waals surface area contributed by atoms with Crippen molar-refractivity contribution >= 4 is 5.97 Å². The second-order valence-corrected chi connectivity index (χ2v) is 7.22. The van der Waals surface area contributed by atoms with Gasteiger partial charge in [0.1, 0.15) is 12.1 Å². The number of ether oxygens (including phenoxy) is 3. The Kier molecular flexibility index (Phi) is 5.25. The van der Waals surface area contributed by atoms with E-state index >= 15 is 0 Å². The van der Waals surface area contributed by atoms with Gasteiger partial charge in [-0.1, -0.05) is 12.1 Å². The Morgan fingerprint density at radius 1 is 1.31 bits per heavy atom. The number of benzene rings is 1. The molecule has 1 saturated heterocycles. The largest absolute Gasteiger partial charge is 0.493 e. The van der Waals surface area contributed by atoms with Crippen LogP contribution in [0.4, 0.5) is 0 Å². The molecule has 1 fully saturated rings. The minimum atomic E-state index is -0.609. The molecule has 1 heterocycles. The van der Waals surface area contributed by atoms with Gasteiger partial charge in [-0.15, -0.1) is 0 Å². The first kappa shape index (κ1) is 18.7. The van der Waals surface area contributed by atoms with E-state index in [1.165, 1.54) is 5.56 Å². The summed E-state index contributed by atoms with van der Waals surface area (Å²) >= 11 is 0. The third-order valence-corrected chi connectivity index (χ3v) is 5.63. The molecule has 0 spiro atoms. The fourth-order valence-corrected chi connectivity index (χ4v) is 4.14. The highest BCUT2D eigenvalue weighted by Crippen LogP contribution is 2.47. The monoisotopic (exact) mass is 360 g/mol. The molecule has 6 heteroatoms. The number of hydrogen-bond acceptors (Lipinski definition) is 6. The Labute approximate surface area is 154 Å². The number of carbonyl (C=O) groups is 1. The third kappa shape index (κ3) is 3.19. The van der Waals surface area contributed by atoms with Gasteiger partial charge in [-0.3, -0.25) is 4.79 Å². The maximum atomic E-state index is 11.9. The van der Waals surface area contributed by atoms with E-state index in [0.29, 0.717) is 0 Å². The maximum Gasteiger partial charge on any atom is 0.323 e. The lowest BCUT2D eigenvalue weighted by Gasteiger charge is -2.40. The number of nitrogens with two attached hydrogens (primary N) is 1. The molecule has 1 aliphatic heterocycles. The minimum Gasteiger partial charge on any atom is -0.493 e. The van der Waals surface area contributed by atoms with Gasteiger partial charge >= 0.3 is 5.97 Å². The minimum absolute atomic E-state index is 0.120. The predicted octanol–water partition coefficient (Wildman–Crippen LogP) is 1.86. The molecule has 2 N–H and O–H groups in total. The van der Waals surface area contributed by atoms with Gasteiger partial charge in [-0.05, 0) is 50.7 Å². The van der Waals surface area contributed by atoms with Crippen molar-refractivity contribution in [3.8, 4) is 11.5 Å². The summed E-state index contributed by atoms with van der Waals surface area (Å²) in [6.45, 7) is 2.63. The van der Waals surface area contributed by atoms with E-state index < -0.39 is 6.04 Å². The van der Waals surface area contributed by atoms with Crippen molar-refractivity contribution in [1.82, 2.24) is 4.90 Å². The lowest BCUT2D eigenvalue weighted by molar-refractivity contribution is -0.149. The quantitative estimate of drug-likeness (QED) is 0.638. The molecule has 0 radical (unpaired) electrons. The molecule has 1 aromatic carbocycles. The first-order valence-electron chi connectivity index (χ1n) is 8.99. The maximum absolute atomic E-state index is 11.9. The highest BCUT2D eigenvalue weighted by atomic mass is 16.5. The van der Waals surface area contributed by atoms with Crippen molar-refractivity contribution in [2.24, 2.45) is 5.73 Å². The van der Waals surface area contributed by atoms with Crippen LogP contribution in [0.1, 0.15) is 25.3 Å². The van der Waals surface area contributed by atoms with Crippen LogP contribution >= 0.6 is 0 Å². The smallest absolute Gasteiger partial charge is 0.323 e. The molecule has 26 heavy (non-hydrogen) atoms. The van der Waals surface area contributed by atoms with E-state index in [1.54, 1.807) is 21.1 Å². The highest BCUT2D eigenvalue weighted by Gasteiger charge is 2.48. The van der Waals surface area contributed by atoms with Gasteiger partial charge in [0.15, 0.2) is 11.5 Å². The van der Waals surface area contributed by atoms with Crippen LogP contribution in [0.2, 0.25) is 0 Å². The third-order valence-electron chi connectivity index (χ3n) is 5.63. The number of nitrogens with zero attached hydrogens (tertiary/aromatic N) is 1. The first-order chi connectivity index (χ1) is 12.4. The van der Waals surface area contributed by atoms with Crippen molar-refractivity contribution in [1.29, 1.82) is 0 Å². The van der Waals surface area contributed by atoms with Crippen LogP contribution < -0.4 is 15.2 Å². The number of methoxy groups -OCH3 is 2. The van der Waals surface area contributed by atoms with Gasteiger partial charge in [0.05, 0.1) is 14.2 Å². The van der Waals surface area contributed by atoms with E-state index in [1.807, 2.05) is 12.1 Å². The van der Waals surface area contributed by atoms with Gasteiger partial charge in [0, 0.05) is 17.9 Å². The Morgan fingerprint density at radius 2 is 2.04 bits per heavy atom. The summed E-state index contributed by atoms with van der Waals surface area (Å²) in [4.78, 5) is 14.2. The van der Waals surface area contributed by atoms with Crippen LogP contribution in [0, 0.1) is 0 Å². The van der Waals surface area contributed by atoms with Crippen molar-refractivity contribution in [3.63, 3.8) is 0 Å². The van der Waals surface area contributed by atoms with Crippen LogP contribution in [0.3, 0.4) is 0 Å². The van der Waals surface area contributed by atoms with E-state index in [2.05, 4.69) is 30.2 Å². The molecule has 0 bridgehead atoms. The van der Waals surface area contributed by atoms with E-state index in [0.717, 1.165) is 30.9 Å². The Balaban J connectivity index is 1.93. The van der Waals surface area contributed by atoms with Gasteiger partial charge in [-0.2, -0.15) is 0 Å². The van der Waals surface area contributed by atoms with Crippen LogP contribution in [-0.4, -0.2) is 56.9 Å². The number of esters is 1. The Morgan fingerprint density at radius 3 is 2.69 bits per heavy atom. The molecule has 3 rings (SSSR count). The van der Waals surface area contributed by atoms with Gasteiger partial charge in [0.25, 0.3) is 0 Å². The topological polar surface area (TPSA) is 74.0 Å². The second kappa shape index (κ2) is 7.29. The Bertz CT molecular complexity index is 703. The molecule has 0 saturated carbocycles. The highest BCUT2D eigenvalue weighted by molar-refractivity contribution is 5.75. The summed E-state index contributed by atoms with van der Waals surface area (Å²) < 4.78 is 16.4. The predicted molar refractivity (Wildman–Crippen MR) is 99.5 cm³/mol. The molecule has 1 aliphatic carbocycles.